The number of hydrogen-bond acceptors (Lipinski definition) is 6. The number of hydrogen-bond donors (Lipinski definition) is 0. The van der Waals surface area contributed by atoms with E-state index in [4.69, 9.17) is 18.9 Å². The number of amides is 1. The van der Waals surface area contributed by atoms with Crippen LogP contribution < -0.4 is 18.9 Å². The normalized spacial score (nSPS) is 17.6. The van der Waals surface area contributed by atoms with Crippen LogP contribution in [0.2, 0.25) is 0 Å². The zero-order valence-corrected chi connectivity index (χ0v) is 16.3. The highest BCUT2D eigenvalue weighted by molar-refractivity contribution is 5.76. The first-order chi connectivity index (χ1) is 14.2. The van der Waals surface area contributed by atoms with E-state index in [2.05, 4.69) is 11.0 Å². The van der Waals surface area contributed by atoms with Crippen molar-refractivity contribution in [2.75, 3.05) is 39.8 Å². The molecule has 152 valence electrons. The standard InChI is InChI=1S/C22H24N2O5/c25-22(6-3-16-1-4-18-20(11-16)28-14-26-18)24-9-7-23(8-10-24)13-17-2-5-19-21(12-17)29-15-27-19/h1-2,4-5,11-12H,3,6-10,13-15H2. The SMILES string of the molecule is O=C(CCc1ccc2c(c1)OCO2)N1CCN(Cc2ccc3c(c2)OCO3)CC1. The van der Waals surface area contributed by atoms with Gasteiger partial charge in [0.1, 0.15) is 0 Å². The summed E-state index contributed by atoms with van der Waals surface area (Å²) in [4.78, 5) is 17.0. The Balaban J connectivity index is 1.09. The topological polar surface area (TPSA) is 60.5 Å². The summed E-state index contributed by atoms with van der Waals surface area (Å²) >= 11 is 0. The highest BCUT2D eigenvalue weighted by Gasteiger charge is 2.22. The van der Waals surface area contributed by atoms with Gasteiger partial charge in [0.05, 0.1) is 0 Å². The van der Waals surface area contributed by atoms with Crippen LogP contribution in [0.1, 0.15) is 17.5 Å². The van der Waals surface area contributed by atoms with E-state index in [0.29, 0.717) is 19.6 Å². The number of aryl methyl sites for hydroxylation is 1. The largest absolute Gasteiger partial charge is 0.454 e. The predicted molar refractivity (Wildman–Crippen MR) is 105 cm³/mol. The molecule has 29 heavy (non-hydrogen) atoms. The van der Waals surface area contributed by atoms with Crippen LogP contribution in [0.15, 0.2) is 36.4 Å². The van der Waals surface area contributed by atoms with Crippen molar-refractivity contribution in [2.45, 2.75) is 19.4 Å². The molecule has 1 fully saturated rings. The third-order valence-electron chi connectivity index (χ3n) is 5.63. The Labute approximate surface area is 169 Å². The van der Waals surface area contributed by atoms with Crippen molar-refractivity contribution >= 4 is 5.91 Å². The fraction of sp³-hybridized carbons (Fsp3) is 0.409. The Kier molecular flexibility index (Phi) is 4.89. The Morgan fingerprint density at radius 1 is 0.759 bits per heavy atom. The second-order valence-corrected chi connectivity index (χ2v) is 7.53. The second kappa shape index (κ2) is 7.83. The summed E-state index contributed by atoms with van der Waals surface area (Å²) in [6.07, 6.45) is 1.23. The first-order valence-corrected chi connectivity index (χ1v) is 10.0. The minimum Gasteiger partial charge on any atom is -0.454 e. The van der Waals surface area contributed by atoms with E-state index < -0.39 is 0 Å². The molecule has 0 unspecified atom stereocenters. The Morgan fingerprint density at radius 3 is 2.03 bits per heavy atom. The van der Waals surface area contributed by atoms with Gasteiger partial charge in [0, 0.05) is 39.1 Å². The van der Waals surface area contributed by atoms with Crippen molar-refractivity contribution in [3.8, 4) is 23.0 Å². The number of fused-ring (bicyclic) bond motifs is 2. The predicted octanol–water partition coefficient (Wildman–Crippen LogP) is 2.42. The van der Waals surface area contributed by atoms with Gasteiger partial charge in [0.15, 0.2) is 23.0 Å². The molecule has 0 saturated carbocycles. The Morgan fingerprint density at radius 2 is 1.34 bits per heavy atom. The monoisotopic (exact) mass is 396 g/mol. The van der Waals surface area contributed by atoms with Crippen LogP contribution in [-0.4, -0.2) is 55.5 Å². The highest BCUT2D eigenvalue weighted by Crippen LogP contribution is 2.33. The van der Waals surface area contributed by atoms with Crippen LogP contribution in [0.4, 0.5) is 0 Å². The molecule has 3 aliphatic heterocycles. The number of benzene rings is 2. The van der Waals surface area contributed by atoms with Gasteiger partial charge in [0.2, 0.25) is 19.5 Å². The quantitative estimate of drug-likeness (QED) is 0.774. The van der Waals surface area contributed by atoms with E-state index in [1.54, 1.807) is 0 Å². The average Bonchev–Trinajstić information content (AvgIpc) is 3.41. The van der Waals surface area contributed by atoms with Gasteiger partial charge in [-0.05, 0) is 41.8 Å². The van der Waals surface area contributed by atoms with Crippen LogP contribution in [0, 0.1) is 0 Å². The van der Waals surface area contributed by atoms with E-state index in [1.165, 1.54) is 5.56 Å². The summed E-state index contributed by atoms with van der Waals surface area (Å²) in [5.41, 5.74) is 2.31. The van der Waals surface area contributed by atoms with Crippen molar-refractivity contribution in [1.82, 2.24) is 9.80 Å². The lowest BCUT2D eigenvalue weighted by Crippen LogP contribution is -2.48. The lowest BCUT2D eigenvalue weighted by molar-refractivity contribution is -0.133. The van der Waals surface area contributed by atoms with Crippen LogP contribution in [0.5, 0.6) is 23.0 Å². The number of piperazine rings is 1. The fourth-order valence-corrected chi connectivity index (χ4v) is 3.96. The van der Waals surface area contributed by atoms with Gasteiger partial charge in [-0.1, -0.05) is 12.1 Å². The molecule has 5 rings (SSSR count). The molecule has 2 aromatic rings. The third-order valence-corrected chi connectivity index (χ3v) is 5.63. The average molecular weight is 396 g/mol. The number of carbonyl (C=O) groups is 1. The van der Waals surface area contributed by atoms with Gasteiger partial charge in [-0.15, -0.1) is 0 Å². The number of nitrogens with zero attached hydrogens (tertiary/aromatic N) is 2. The lowest BCUT2D eigenvalue weighted by Gasteiger charge is -2.34. The molecular weight excluding hydrogens is 372 g/mol. The summed E-state index contributed by atoms with van der Waals surface area (Å²) in [6.45, 7) is 4.72. The molecule has 0 aliphatic carbocycles. The van der Waals surface area contributed by atoms with Crippen molar-refractivity contribution in [1.29, 1.82) is 0 Å². The lowest BCUT2D eigenvalue weighted by atomic mass is 10.1. The molecule has 3 heterocycles. The van der Waals surface area contributed by atoms with Crippen molar-refractivity contribution in [2.24, 2.45) is 0 Å². The van der Waals surface area contributed by atoms with E-state index >= 15 is 0 Å². The fourth-order valence-electron chi connectivity index (χ4n) is 3.96. The summed E-state index contributed by atoms with van der Waals surface area (Å²) < 4.78 is 21.6. The molecule has 3 aliphatic rings. The molecule has 1 saturated heterocycles. The van der Waals surface area contributed by atoms with Crippen molar-refractivity contribution < 1.29 is 23.7 Å². The van der Waals surface area contributed by atoms with Gasteiger partial charge in [-0.3, -0.25) is 9.69 Å². The number of rotatable bonds is 5. The van der Waals surface area contributed by atoms with Crippen molar-refractivity contribution in [3.05, 3.63) is 47.5 Å². The minimum atomic E-state index is 0.213. The summed E-state index contributed by atoms with van der Waals surface area (Å²) in [7, 11) is 0. The van der Waals surface area contributed by atoms with Crippen LogP contribution >= 0.6 is 0 Å². The number of carbonyl (C=O) groups excluding carboxylic acids is 1. The van der Waals surface area contributed by atoms with Gasteiger partial charge in [-0.2, -0.15) is 0 Å². The summed E-state index contributed by atoms with van der Waals surface area (Å²) in [6, 6.07) is 12.0. The zero-order valence-electron chi connectivity index (χ0n) is 16.3. The van der Waals surface area contributed by atoms with E-state index in [9.17, 15) is 4.79 Å². The molecule has 7 nitrogen and oxygen atoms in total. The Hall–Kier alpha value is -2.93. The van der Waals surface area contributed by atoms with Gasteiger partial charge >= 0.3 is 0 Å². The summed E-state index contributed by atoms with van der Waals surface area (Å²) in [5.74, 6) is 3.39. The van der Waals surface area contributed by atoms with Crippen molar-refractivity contribution in [3.63, 3.8) is 0 Å². The minimum absolute atomic E-state index is 0.213. The molecule has 0 N–H and O–H groups in total. The van der Waals surface area contributed by atoms with Gasteiger partial charge < -0.3 is 23.8 Å². The maximum atomic E-state index is 12.6. The molecule has 0 bridgehead atoms. The van der Waals surface area contributed by atoms with Gasteiger partial charge in [-0.25, -0.2) is 0 Å². The third kappa shape index (κ3) is 3.96. The smallest absolute Gasteiger partial charge is 0.231 e. The van der Waals surface area contributed by atoms with Crippen LogP contribution in [0.25, 0.3) is 0 Å². The van der Waals surface area contributed by atoms with E-state index in [1.807, 2.05) is 35.2 Å². The molecule has 0 spiro atoms. The number of ether oxygens (including phenoxy) is 4. The van der Waals surface area contributed by atoms with Crippen LogP contribution in [0.3, 0.4) is 0 Å². The first-order valence-electron chi connectivity index (χ1n) is 10.0. The highest BCUT2D eigenvalue weighted by atomic mass is 16.7. The van der Waals surface area contributed by atoms with Gasteiger partial charge in [0.25, 0.3) is 0 Å². The Bertz CT molecular complexity index is 908. The zero-order chi connectivity index (χ0) is 19.6. The van der Waals surface area contributed by atoms with Crippen LogP contribution in [-0.2, 0) is 17.8 Å². The molecule has 1 amide bonds. The molecule has 0 aromatic heterocycles. The molecular formula is C22H24N2O5. The van der Waals surface area contributed by atoms with E-state index in [-0.39, 0.29) is 12.7 Å². The maximum absolute atomic E-state index is 12.6. The molecule has 2 aromatic carbocycles. The van der Waals surface area contributed by atoms with E-state index in [0.717, 1.165) is 61.3 Å². The molecule has 7 heteroatoms. The molecule has 0 radical (unpaired) electrons. The summed E-state index contributed by atoms with van der Waals surface area (Å²) in [5, 5.41) is 0. The molecule has 0 atom stereocenters. The first kappa shape index (κ1) is 18.1. The second-order valence-electron chi connectivity index (χ2n) is 7.53. The maximum Gasteiger partial charge on any atom is 0.231 e.